The summed E-state index contributed by atoms with van der Waals surface area (Å²) < 4.78 is 5.46. The van der Waals surface area contributed by atoms with Gasteiger partial charge in [-0.2, -0.15) is 0 Å². The maximum Gasteiger partial charge on any atom is 0.208 e. The zero-order chi connectivity index (χ0) is 13.7. The fraction of sp³-hybridized carbons (Fsp3) is 0.357. The Morgan fingerprint density at radius 3 is 2.89 bits per heavy atom. The van der Waals surface area contributed by atoms with Gasteiger partial charge in [0, 0.05) is 23.6 Å². The zero-order valence-corrected chi connectivity index (χ0v) is 11.5. The first-order chi connectivity index (χ1) is 9.20. The molecular formula is C14H17ClN2O2. The zero-order valence-electron chi connectivity index (χ0n) is 10.8. The first-order valence-corrected chi connectivity index (χ1v) is 6.65. The van der Waals surface area contributed by atoms with Crippen LogP contribution in [0.4, 0.5) is 0 Å². The molecule has 0 radical (unpaired) electrons. The van der Waals surface area contributed by atoms with Gasteiger partial charge in [0.1, 0.15) is 5.76 Å². The number of hydrogen-bond donors (Lipinski definition) is 2. The molecule has 5 heteroatoms. The highest BCUT2D eigenvalue weighted by Gasteiger charge is 2.11. The monoisotopic (exact) mass is 280 g/mol. The summed E-state index contributed by atoms with van der Waals surface area (Å²) in [6, 6.07) is 7.27. The van der Waals surface area contributed by atoms with Crippen LogP contribution in [0, 0.1) is 0 Å². The summed E-state index contributed by atoms with van der Waals surface area (Å²) in [6.45, 7) is 2.90. The van der Waals surface area contributed by atoms with Gasteiger partial charge in [-0.05, 0) is 6.07 Å². The highest BCUT2D eigenvalue weighted by molar-refractivity contribution is 6.31. The van der Waals surface area contributed by atoms with E-state index in [0.29, 0.717) is 24.0 Å². The minimum absolute atomic E-state index is 0.396. The van der Waals surface area contributed by atoms with Crippen LogP contribution in [-0.2, 0) is 13.0 Å². The number of aliphatic hydroxyl groups excluding tert-OH is 1. The van der Waals surface area contributed by atoms with E-state index in [2.05, 4.69) is 10.3 Å². The molecule has 0 bridgehead atoms. The van der Waals surface area contributed by atoms with Crippen LogP contribution < -0.4 is 5.32 Å². The molecule has 1 atom stereocenters. The van der Waals surface area contributed by atoms with Gasteiger partial charge in [0.2, 0.25) is 5.89 Å². The summed E-state index contributed by atoms with van der Waals surface area (Å²) in [7, 11) is 0. The van der Waals surface area contributed by atoms with E-state index in [4.69, 9.17) is 16.0 Å². The molecule has 1 aromatic heterocycles. The second-order valence-electron chi connectivity index (χ2n) is 4.24. The minimum Gasteiger partial charge on any atom is -0.444 e. The molecule has 0 saturated heterocycles. The van der Waals surface area contributed by atoms with Crippen molar-refractivity contribution in [1.82, 2.24) is 10.3 Å². The van der Waals surface area contributed by atoms with Crippen molar-refractivity contribution >= 4 is 11.6 Å². The molecule has 19 heavy (non-hydrogen) atoms. The van der Waals surface area contributed by atoms with Crippen LogP contribution in [0.1, 0.15) is 30.2 Å². The molecule has 0 aliphatic carbocycles. The lowest BCUT2D eigenvalue weighted by Gasteiger charge is -2.12. The van der Waals surface area contributed by atoms with Gasteiger partial charge < -0.3 is 14.8 Å². The van der Waals surface area contributed by atoms with Crippen molar-refractivity contribution in [2.24, 2.45) is 0 Å². The number of aliphatic hydroxyl groups is 1. The van der Waals surface area contributed by atoms with E-state index >= 15 is 0 Å². The third kappa shape index (κ3) is 3.80. The highest BCUT2D eigenvalue weighted by atomic mass is 35.5. The quantitative estimate of drug-likeness (QED) is 0.854. The van der Waals surface area contributed by atoms with Crippen molar-refractivity contribution in [2.45, 2.75) is 26.0 Å². The Hall–Kier alpha value is -1.36. The van der Waals surface area contributed by atoms with E-state index in [1.807, 2.05) is 25.1 Å². The van der Waals surface area contributed by atoms with Crippen LogP contribution in [0.3, 0.4) is 0 Å². The number of benzene rings is 1. The summed E-state index contributed by atoms with van der Waals surface area (Å²) in [5.74, 6) is 1.49. The molecule has 0 spiro atoms. The first kappa shape index (κ1) is 14.1. The lowest BCUT2D eigenvalue weighted by Crippen LogP contribution is -2.21. The van der Waals surface area contributed by atoms with Gasteiger partial charge in [-0.25, -0.2) is 4.98 Å². The highest BCUT2D eigenvalue weighted by Crippen LogP contribution is 2.21. The molecule has 2 aromatic rings. The Labute approximate surface area is 117 Å². The number of aryl methyl sites for hydroxylation is 1. The lowest BCUT2D eigenvalue weighted by molar-refractivity contribution is 0.173. The largest absolute Gasteiger partial charge is 0.444 e. The van der Waals surface area contributed by atoms with E-state index in [1.54, 1.807) is 12.3 Å². The number of nitrogens with one attached hydrogen (secondary N) is 1. The van der Waals surface area contributed by atoms with Crippen molar-refractivity contribution < 1.29 is 9.52 Å². The van der Waals surface area contributed by atoms with Crippen LogP contribution >= 0.6 is 11.6 Å². The maximum absolute atomic E-state index is 10.0. The average Bonchev–Trinajstić information content (AvgIpc) is 2.87. The molecule has 4 nitrogen and oxygen atoms in total. The van der Waals surface area contributed by atoms with Crippen LogP contribution in [0.2, 0.25) is 5.02 Å². The van der Waals surface area contributed by atoms with Gasteiger partial charge >= 0.3 is 0 Å². The summed E-state index contributed by atoms with van der Waals surface area (Å²) in [5, 5.41) is 13.7. The van der Waals surface area contributed by atoms with E-state index in [1.165, 1.54) is 0 Å². The van der Waals surface area contributed by atoms with Crippen molar-refractivity contribution in [2.75, 3.05) is 6.54 Å². The second kappa shape index (κ2) is 6.70. The Morgan fingerprint density at radius 2 is 2.21 bits per heavy atom. The van der Waals surface area contributed by atoms with Gasteiger partial charge in [0.05, 0.1) is 18.8 Å². The number of oxazole rings is 1. The van der Waals surface area contributed by atoms with Crippen molar-refractivity contribution in [3.05, 3.63) is 52.7 Å². The predicted octanol–water partition coefficient (Wildman–Crippen LogP) is 2.71. The second-order valence-corrected chi connectivity index (χ2v) is 4.65. The van der Waals surface area contributed by atoms with Crippen LogP contribution in [0.15, 0.2) is 34.9 Å². The molecule has 0 saturated carbocycles. The molecule has 0 fully saturated rings. The molecule has 1 unspecified atom stereocenters. The van der Waals surface area contributed by atoms with Crippen LogP contribution in [0.25, 0.3) is 0 Å². The fourth-order valence-corrected chi connectivity index (χ4v) is 2.03. The maximum atomic E-state index is 10.0. The minimum atomic E-state index is -0.644. The van der Waals surface area contributed by atoms with Crippen LogP contribution in [0.5, 0.6) is 0 Å². The topological polar surface area (TPSA) is 58.3 Å². The molecule has 1 heterocycles. The molecule has 2 rings (SSSR count). The van der Waals surface area contributed by atoms with Crippen molar-refractivity contribution in [3.8, 4) is 0 Å². The Morgan fingerprint density at radius 1 is 1.42 bits per heavy atom. The first-order valence-electron chi connectivity index (χ1n) is 6.27. The van der Waals surface area contributed by atoms with Gasteiger partial charge in [-0.15, -0.1) is 0 Å². The number of rotatable bonds is 6. The number of nitrogens with zero attached hydrogens (tertiary/aromatic N) is 1. The SMILES string of the molecule is CCc1cnc(CNCC(O)c2ccccc2Cl)o1. The van der Waals surface area contributed by atoms with Gasteiger partial charge in [-0.3, -0.25) is 0 Å². The van der Waals surface area contributed by atoms with E-state index in [-0.39, 0.29) is 0 Å². The summed E-state index contributed by atoms with van der Waals surface area (Å²) in [6.07, 6.45) is 1.91. The van der Waals surface area contributed by atoms with E-state index in [0.717, 1.165) is 17.7 Å². The Bertz CT molecular complexity index is 528. The summed E-state index contributed by atoms with van der Waals surface area (Å²) >= 11 is 6.02. The number of halogens is 1. The molecule has 0 amide bonds. The third-order valence-corrected chi connectivity index (χ3v) is 3.17. The molecule has 1 aromatic carbocycles. The average molecular weight is 281 g/mol. The van der Waals surface area contributed by atoms with Gasteiger partial charge in [0.25, 0.3) is 0 Å². The number of hydrogen-bond acceptors (Lipinski definition) is 4. The van der Waals surface area contributed by atoms with Crippen LogP contribution in [-0.4, -0.2) is 16.6 Å². The van der Waals surface area contributed by atoms with E-state index in [9.17, 15) is 5.11 Å². The molecule has 102 valence electrons. The predicted molar refractivity (Wildman–Crippen MR) is 74.0 cm³/mol. The lowest BCUT2D eigenvalue weighted by atomic mass is 10.1. The third-order valence-electron chi connectivity index (χ3n) is 2.83. The Balaban J connectivity index is 1.84. The van der Waals surface area contributed by atoms with Gasteiger partial charge in [0.15, 0.2) is 0 Å². The summed E-state index contributed by atoms with van der Waals surface area (Å²) in [5.41, 5.74) is 0.721. The van der Waals surface area contributed by atoms with E-state index < -0.39 is 6.10 Å². The van der Waals surface area contributed by atoms with Crippen molar-refractivity contribution in [1.29, 1.82) is 0 Å². The standard InChI is InChI=1S/C14H17ClN2O2/c1-2-10-7-17-14(19-10)9-16-8-13(18)11-5-3-4-6-12(11)15/h3-7,13,16,18H,2,8-9H2,1H3. The van der Waals surface area contributed by atoms with Gasteiger partial charge in [-0.1, -0.05) is 36.7 Å². The molecule has 0 aliphatic rings. The summed E-state index contributed by atoms with van der Waals surface area (Å²) in [4.78, 5) is 4.14. The smallest absolute Gasteiger partial charge is 0.208 e. The Kier molecular flexibility index (Phi) is 4.96. The molecular weight excluding hydrogens is 264 g/mol. The molecule has 2 N–H and O–H groups in total. The number of aromatic nitrogens is 1. The normalized spacial score (nSPS) is 12.6. The van der Waals surface area contributed by atoms with Crippen molar-refractivity contribution in [3.63, 3.8) is 0 Å². The molecule has 0 aliphatic heterocycles. The fourth-order valence-electron chi connectivity index (χ4n) is 1.76.